The van der Waals surface area contributed by atoms with Crippen LogP contribution in [0.25, 0.3) is 0 Å². The maximum absolute atomic E-state index is 12.2. The van der Waals surface area contributed by atoms with Crippen molar-refractivity contribution < 1.29 is 23.8 Å². The predicted octanol–water partition coefficient (Wildman–Crippen LogP) is 5.65. The van der Waals surface area contributed by atoms with E-state index in [1.807, 2.05) is 18.2 Å². The van der Waals surface area contributed by atoms with Gasteiger partial charge in [-0.25, -0.2) is 4.79 Å². The number of ether oxygens (including phenoxy) is 3. The third-order valence-corrected chi connectivity index (χ3v) is 7.79. The van der Waals surface area contributed by atoms with Crippen LogP contribution in [0, 0.1) is 29.8 Å². The first-order chi connectivity index (χ1) is 17.0. The minimum atomic E-state index is -0.452. The monoisotopic (exact) mass is 472 g/mol. The molecular weight excluding hydrogens is 440 g/mol. The first-order valence-electron chi connectivity index (χ1n) is 12.7. The number of hydrogen-bond acceptors (Lipinski definition) is 5. The molecular formula is C30H32O5. The fourth-order valence-corrected chi connectivity index (χ4v) is 6.81. The molecule has 2 aromatic carbocycles. The van der Waals surface area contributed by atoms with Gasteiger partial charge < -0.3 is 14.2 Å². The van der Waals surface area contributed by atoms with Crippen LogP contribution in [0.15, 0.2) is 48.5 Å². The molecule has 35 heavy (non-hydrogen) atoms. The van der Waals surface area contributed by atoms with E-state index in [0.717, 1.165) is 29.1 Å². The van der Waals surface area contributed by atoms with Gasteiger partial charge >= 0.3 is 11.9 Å². The summed E-state index contributed by atoms with van der Waals surface area (Å²) in [5.41, 5.74) is 2.68. The highest BCUT2D eigenvalue weighted by Gasteiger charge is 2.52. The number of rotatable bonds is 7. The van der Waals surface area contributed by atoms with Crippen LogP contribution in [0.2, 0.25) is 0 Å². The van der Waals surface area contributed by atoms with Crippen LogP contribution in [-0.2, 0) is 19.7 Å². The lowest BCUT2D eigenvalue weighted by molar-refractivity contribution is -0.141. The Morgan fingerprint density at radius 1 is 0.943 bits per heavy atom. The normalized spacial score (nSPS) is 25.9. The number of benzene rings is 2. The third kappa shape index (κ3) is 5.37. The Morgan fingerprint density at radius 3 is 2.29 bits per heavy atom. The van der Waals surface area contributed by atoms with Crippen LogP contribution in [0.1, 0.15) is 73.4 Å². The molecule has 0 atom stereocenters. The topological polar surface area (TPSA) is 61.8 Å². The largest absolute Gasteiger partial charge is 0.493 e. The summed E-state index contributed by atoms with van der Waals surface area (Å²) >= 11 is 0. The number of carbonyl (C=O) groups excluding carboxylic acids is 2. The number of esters is 2. The maximum atomic E-state index is 12.2. The van der Waals surface area contributed by atoms with Crippen molar-refractivity contribution in [2.45, 2.75) is 57.3 Å². The van der Waals surface area contributed by atoms with Gasteiger partial charge in [0.25, 0.3) is 0 Å². The third-order valence-electron chi connectivity index (χ3n) is 7.79. The summed E-state index contributed by atoms with van der Waals surface area (Å²) in [5, 5.41) is 0. The van der Waals surface area contributed by atoms with Crippen molar-refractivity contribution in [2.75, 3.05) is 13.2 Å². The molecule has 0 saturated heterocycles. The van der Waals surface area contributed by atoms with Crippen molar-refractivity contribution in [2.24, 2.45) is 17.8 Å². The lowest BCUT2D eigenvalue weighted by Crippen LogP contribution is -2.48. The van der Waals surface area contributed by atoms with Gasteiger partial charge in [-0.05, 0) is 97.9 Å². The molecule has 0 unspecified atom stereocenters. The summed E-state index contributed by atoms with van der Waals surface area (Å²) in [7, 11) is 0. The quantitative estimate of drug-likeness (QED) is 0.296. The molecule has 0 aliphatic heterocycles. The van der Waals surface area contributed by atoms with Crippen molar-refractivity contribution in [3.8, 4) is 17.8 Å². The van der Waals surface area contributed by atoms with Gasteiger partial charge in [-0.1, -0.05) is 18.2 Å². The zero-order valence-corrected chi connectivity index (χ0v) is 20.3. The molecule has 0 N–H and O–H groups in total. The first-order valence-corrected chi connectivity index (χ1v) is 12.7. The van der Waals surface area contributed by atoms with E-state index in [-0.39, 0.29) is 11.4 Å². The summed E-state index contributed by atoms with van der Waals surface area (Å²) in [6, 6.07) is 15.0. The van der Waals surface area contributed by atoms with E-state index in [4.69, 9.17) is 14.2 Å². The van der Waals surface area contributed by atoms with Crippen LogP contribution in [-0.4, -0.2) is 25.2 Å². The molecule has 4 aliphatic rings. The molecule has 2 aromatic rings. The Labute approximate surface area is 207 Å². The summed E-state index contributed by atoms with van der Waals surface area (Å²) in [5.74, 6) is 5.63. The number of carbonyl (C=O) groups is 2. The van der Waals surface area contributed by atoms with Crippen molar-refractivity contribution >= 4 is 11.9 Å². The molecule has 6 rings (SSSR count). The SMILES string of the molecule is CC(=O)OCCCOc1ccc(C#COC(=O)c2ccccc2)cc1C12CC3CC(CC(C3)C1)C2. The molecule has 0 radical (unpaired) electrons. The van der Waals surface area contributed by atoms with Gasteiger partial charge in [0.2, 0.25) is 0 Å². The Morgan fingerprint density at radius 2 is 1.63 bits per heavy atom. The van der Waals surface area contributed by atoms with Crippen LogP contribution in [0.3, 0.4) is 0 Å². The minimum absolute atomic E-state index is 0.137. The van der Waals surface area contributed by atoms with Gasteiger partial charge in [-0.3, -0.25) is 4.79 Å². The first kappa shape index (κ1) is 23.5. The van der Waals surface area contributed by atoms with Gasteiger partial charge in [-0.2, -0.15) is 0 Å². The van der Waals surface area contributed by atoms with Crippen LogP contribution < -0.4 is 4.74 Å². The molecule has 0 spiro atoms. The molecule has 0 amide bonds. The fraction of sp³-hybridized carbons (Fsp3) is 0.467. The molecule has 4 saturated carbocycles. The van der Waals surface area contributed by atoms with E-state index in [0.29, 0.717) is 25.2 Å². The van der Waals surface area contributed by atoms with Gasteiger partial charge in [0.05, 0.1) is 18.8 Å². The van der Waals surface area contributed by atoms with Crippen LogP contribution >= 0.6 is 0 Å². The molecule has 5 nitrogen and oxygen atoms in total. The Kier molecular flexibility index (Phi) is 6.81. The molecule has 0 heterocycles. The van der Waals surface area contributed by atoms with Gasteiger partial charge in [0.15, 0.2) is 0 Å². The highest BCUT2D eigenvalue weighted by atomic mass is 16.5. The maximum Gasteiger partial charge on any atom is 0.352 e. The summed E-state index contributed by atoms with van der Waals surface area (Å²) in [4.78, 5) is 23.3. The van der Waals surface area contributed by atoms with Gasteiger partial charge in [0, 0.05) is 24.5 Å². The van der Waals surface area contributed by atoms with Crippen molar-refractivity contribution in [1.82, 2.24) is 0 Å². The summed E-state index contributed by atoms with van der Waals surface area (Å²) < 4.78 is 16.5. The predicted molar refractivity (Wildman–Crippen MR) is 132 cm³/mol. The van der Waals surface area contributed by atoms with Crippen molar-refractivity contribution in [1.29, 1.82) is 0 Å². The second-order valence-corrected chi connectivity index (χ2v) is 10.4. The molecule has 182 valence electrons. The lowest BCUT2D eigenvalue weighted by atomic mass is 9.48. The Balaban J connectivity index is 1.36. The molecule has 4 aliphatic carbocycles. The van der Waals surface area contributed by atoms with E-state index in [2.05, 4.69) is 18.1 Å². The zero-order chi connectivity index (χ0) is 24.3. The lowest BCUT2D eigenvalue weighted by Gasteiger charge is -2.57. The van der Waals surface area contributed by atoms with Crippen molar-refractivity contribution in [3.63, 3.8) is 0 Å². The average molecular weight is 473 g/mol. The second-order valence-electron chi connectivity index (χ2n) is 10.4. The van der Waals surface area contributed by atoms with Crippen LogP contribution in [0.4, 0.5) is 0 Å². The van der Waals surface area contributed by atoms with E-state index in [1.54, 1.807) is 24.3 Å². The smallest absolute Gasteiger partial charge is 0.352 e. The average Bonchev–Trinajstić information content (AvgIpc) is 2.84. The van der Waals surface area contributed by atoms with E-state index < -0.39 is 5.97 Å². The minimum Gasteiger partial charge on any atom is -0.493 e. The molecule has 4 fully saturated rings. The standard InChI is InChI=1S/C30H32O5/c1-21(31)33-11-5-12-34-28-9-8-22(10-13-35-29(32)26-6-3-2-4-7-26)17-27(28)30-18-23-14-24(19-30)16-25(15-23)20-30/h2-4,6-9,17,23-25H,5,11-12,14-16,18-20H2,1H3. The Hall–Kier alpha value is -3.26. The zero-order valence-electron chi connectivity index (χ0n) is 20.3. The highest BCUT2D eigenvalue weighted by molar-refractivity contribution is 5.90. The van der Waals surface area contributed by atoms with E-state index in [1.165, 1.54) is 51.0 Å². The Bertz CT molecular complexity index is 1110. The van der Waals surface area contributed by atoms with Gasteiger partial charge in [0.1, 0.15) is 11.9 Å². The second kappa shape index (κ2) is 10.2. The van der Waals surface area contributed by atoms with Crippen LogP contribution in [0.5, 0.6) is 5.75 Å². The molecule has 4 bridgehead atoms. The molecule has 5 heteroatoms. The highest BCUT2D eigenvalue weighted by Crippen LogP contribution is 2.61. The van der Waals surface area contributed by atoms with Crippen molar-refractivity contribution in [3.05, 3.63) is 65.2 Å². The summed E-state index contributed by atoms with van der Waals surface area (Å²) in [6.45, 7) is 2.27. The van der Waals surface area contributed by atoms with Gasteiger partial charge in [-0.15, -0.1) is 0 Å². The fourth-order valence-electron chi connectivity index (χ4n) is 6.81. The number of hydrogen-bond donors (Lipinski definition) is 0. The van der Waals surface area contributed by atoms with E-state index >= 15 is 0 Å². The summed E-state index contributed by atoms with van der Waals surface area (Å²) in [6.07, 6.45) is 11.0. The van der Waals surface area contributed by atoms with E-state index in [9.17, 15) is 9.59 Å². The molecule has 0 aromatic heterocycles.